The number of rotatable bonds is 2. The molecule has 100 valence electrons. The summed E-state index contributed by atoms with van der Waals surface area (Å²) in [5, 5.41) is 0.650. The SMILES string of the molecule is Cn1c(-c2ccccc2)nc(-c2ccccc2Cl)c1N. The standard InChI is InChI=1S/C16H14ClN3/c1-20-15(18)14(12-9-5-6-10-13(12)17)19-16(20)11-7-3-2-4-8-11/h2-10H,18H2,1H3. The van der Waals surface area contributed by atoms with E-state index in [0.717, 1.165) is 22.6 Å². The van der Waals surface area contributed by atoms with Gasteiger partial charge < -0.3 is 10.3 Å². The maximum Gasteiger partial charge on any atom is 0.142 e. The minimum Gasteiger partial charge on any atom is -0.383 e. The number of halogens is 1. The molecule has 2 N–H and O–H groups in total. The lowest BCUT2D eigenvalue weighted by Gasteiger charge is -2.03. The number of aromatic nitrogens is 2. The summed E-state index contributed by atoms with van der Waals surface area (Å²) in [7, 11) is 1.91. The van der Waals surface area contributed by atoms with Crippen molar-refractivity contribution in [2.45, 2.75) is 0 Å². The van der Waals surface area contributed by atoms with Crippen molar-refractivity contribution in [3.63, 3.8) is 0 Å². The van der Waals surface area contributed by atoms with E-state index in [9.17, 15) is 0 Å². The van der Waals surface area contributed by atoms with Crippen LogP contribution in [0.25, 0.3) is 22.6 Å². The molecule has 0 fully saturated rings. The Morgan fingerprint density at radius 1 is 1.00 bits per heavy atom. The van der Waals surface area contributed by atoms with Gasteiger partial charge in [0.2, 0.25) is 0 Å². The Balaban J connectivity index is 2.19. The first-order valence-corrected chi connectivity index (χ1v) is 6.69. The summed E-state index contributed by atoms with van der Waals surface area (Å²) in [6.45, 7) is 0. The van der Waals surface area contributed by atoms with E-state index in [1.807, 2.05) is 66.2 Å². The Morgan fingerprint density at radius 3 is 2.35 bits per heavy atom. The van der Waals surface area contributed by atoms with E-state index in [0.29, 0.717) is 10.8 Å². The molecular weight excluding hydrogens is 270 g/mol. The number of nitrogen functional groups attached to an aromatic ring is 1. The van der Waals surface area contributed by atoms with Crippen molar-refractivity contribution in [2.75, 3.05) is 5.73 Å². The van der Waals surface area contributed by atoms with Gasteiger partial charge in [-0.05, 0) is 6.07 Å². The summed E-state index contributed by atoms with van der Waals surface area (Å²) in [5.41, 5.74) is 8.78. The predicted octanol–water partition coefficient (Wildman–Crippen LogP) is 3.99. The molecule has 0 aliphatic carbocycles. The third-order valence-corrected chi connectivity index (χ3v) is 3.63. The van der Waals surface area contributed by atoms with Crippen molar-refractivity contribution in [1.29, 1.82) is 0 Å². The molecule has 1 heterocycles. The summed E-state index contributed by atoms with van der Waals surface area (Å²) < 4.78 is 1.88. The maximum absolute atomic E-state index is 6.23. The van der Waals surface area contributed by atoms with E-state index in [2.05, 4.69) is 4.98 Å². The molecule has 20 heavy (non-hydrogen) atoms. The van der Waals surface area contributed by atoms with E-state index in [1.165, 1.54) is 0 Å². The normalized spacial score (nSPS) is 10.7. The molecule has 0 unspecified atom stereocenters. The zero-order valence-corrected chi connectivity index (χ0v) is 11.8. The number of benzene rings is 2. The number of nitrogens with zero attached hydrogens (tertiary/aromatic N) is 2. The van der Waals surface area contributed by atoms with Gasteiger partial charge in [-0.2, -0.15) is 0 Å². The number of anilines is 1. The maximum atomic E-state index is 6.23. The van der Waals surface area contributed by atoms with Gasteiger partial charge in [-0.1, -0.05) is 60.1 Å². The first-order chi connectivity index (χ1) is 9.68. The lowest BCUT2D eigenvalue weighted by molar-refractivity contribution is 0.937. The molecule has 0 saturated heterocycles. The quantitative estimate of drug-likeness (QED) is 0.773. The molecule has 3 rings (SSSR count). The van der Waals surface area contributed by atoms with Gasteiger partial charge in [0.1, 0.15) is 17.3 Å². The predicted molar refractivity (Wildman–Crippen MR) is 83.5 cm³/mol. The highest BCUT2D eigenvalue weighted by Crippen LogP contribution is 2.33. The Morgan fingerprint density at radius 2 is 1.65 bits per heavy atom. The minimum absolute atomic E-state index is 0.608. The lowest BCUT2D eigenvalue weighted by Crippen LogP contribution is -1.98. The fourth-order valence-corrected chi connectivity index (χ4v) is 2.43. The Labute approximate surface area is 122 Å². The molecular formula is C16H14ClN3. The van der Waals surface area contributed by atoms with Gasteiger partial charge >= 0.3 is 0 Å². The largest absolute Gasteiger partial charge is 0.383 e. The molecule has 4 heteroatoms. The van der Waals surface area contributed by atoms with E-state index >= 15 is 0 Å². The van der Waals surface area contributed by atoms with Crippen LogP contribution in [0, 0.1) is 0 Å². The van der Waals surface area contributed by atoms with Gasteiger partial charge in [-0.15, -0.1) is 0 Å². The zero-order chi connectivity index (χ0) is 14.1. The van der Waals surface area contributed by atoms with Gasteiger partial charge in [0.15, 0.2) is 0 Å². The molecule has 3 nitrogen and oxygen atoms in total. The molecule has 0 aliphatic rings. The van der Waals surface area contributed by atoms with E-state index in [1.54, 1.807) is 0 Å². The second-order valence-electron chi connectivity index (χ2n) is 4.57. The fourth-order valence-electron chi connectivity index (χ4n) is 2.21. The van der Waals surface area contributed by atoms with Crippen LogP contribution >= 0.6 is 11.6 Å². The molecule has 0 atom stereocenters. The van der Waals surface area contributed by atoms with E-state index < -0.39 is 0 Å². The third kappa shape index (κ3) is 2.06. The van der Waals surface area contributed by atoms with Crippen molar-refractivity contribution in [2.24, 2.45) is 7.05 Å². The number of hydrogen-bond acceptors (Lipinski definition) is 2. The van der Waals surface area contributed by atoms with Crippen molar-refractivity contribution in [3.05, 3.63) is 59.6 Å². The van der Waals surface area contributed by atoms with Gasteiger partial charge in [-0.3, -0.25) is 0 Å². The summed E-state index contributed by atoms with van der Waals surface area (Å²) in [4.78, 5) is 4.66. The number of nitrogens with two attached hydrogens (primary N) is 1. The molecule has 0 bridgehead atoms. The molecule has 1 aromatic heterocycles. The van der Waals surface area contributed by atoms with Gasteiger partial charge in [0.05, 0.1) is 5.02 Å². The molecule has 3 aromatic rings. The van der Waals surface area contributed by atoms with Crippen molar-refractivity contribution in [3.8, 4) is 22.6 Å². The van der Waals surface area contributed by atoms with Crippen LogP contribution in [0.2, 0.25) is 5.02 Å². The number of hydrogen-bond donors (Lipinski definition) is 1. The van der Waals surface area contributed by atoms with Crippen molar-refractivity contribution >= 4 is 17.4 Å². The lowest BCUT2D eigenvalue weighted by atomic mass is 10.1. The first-order valence-electron chi connectivity index (χ1n) is 6.31. The fraction of sp³-hybridized carbons (Fsp3) is 0.0625. The highest BCUT2D eigenvalue weighted by atomic mass is 35.5. The Hall–Kier alpha value is -2.26. The molecule has 2 aromatic carbocycles. The summed E-state index contributed by atoms with van der Waals surface area (Å²) in [5.74, 6) is 1.44. The van der Waals surface area contributed by atoms with Crippen LogP contribution in [0.15, 0.2) is 54.6 Å². The smallest absolute Gasteiger partial charge is 0.142 e. The highest BCUT2D eigenvalue weighted by Gasteiger charge is 2.16. The van der Waals surface area contributed by atoms with Gasteiger partial charge in [-0.25, -0.2) is 4.98 Å². The monoisotopic (exact) mass is 283 g/mol. The van der Waals surface area contributed by atoms with Crippen LogP contribution in [0.4, 0.5) is 5.82 Å². The summed E-state index contributed by atoms with van der Waals surface area (Å²) in [6, 6.07) is 17.6. The molecule has 0 spiro atoms. The van der Waals surface area contributed by atoms with Gasteiger partial charge in [0.25, 0.3) is 0 Å². The first kappa shape index (κ1) is 12.8. The molecule has 0 aliphatic heterocycles. The second kappa shape index (κ2) is 5.02. The zero-order valence-electron chi connectivity index (χ0n) is 11.0. The summed E-state index contributed by atoms with van der Waals surface area (Å²) in [6.07, 6.45) is 0. The minimum atomic E-state index is 0.608. The van der Waals surface area contributed by atoms with Crippen LogP contribution in [0.5, 0.6) is 0 Å². The van der Waals surface area contributed by atoms with Crippen LogP contribution < -0.4 is 5.73 Å². The van der Waals surface area contributed by atoms with E-state index in [4.69, 9.17) is 17.3 Å². The van der Waals surface area contributed by atoms with Crippen LogP contribution in [-0.4, -0.2) is 9.55 Å². The topological polar surface area (TPSA) is 43.8 Å². The highest BCUT2D eigenvalue weighted by molar-refractivity contribution is 6.33. The average molecular weight is 284 g/mol. The van der Waals surface area contributed by atoms with Crippen LogP contribution in [0.1, 0.15) is 0 Å². The van der Waals surface area contributed by atoms with Crippen molar-refractivity contribution < 1.29 is 0 Å². The molecule has 0 amide bonds. The summed E-state index contributed by atoms with van der Waals surface area (Å²) >= 11 is 6.23. The van der Waals surface area contributed by atoms with Crippen molar-refractivity contribution in [1.82, 2.24) is 9.55 Å². The van der Waals surface area contributed by atoms with Crippen LogP contribution in [0.3, 0.4) is 0 Å². The Kier molecular flexibility index (Phi) is 3.20. The third-order valence-electron chi connectivity index (χ3n) is 3.30. The van der Waals surface area contributed by atoms with Crippen LogP contribution in [-0.2, 0) is 7.05 Å². The molecule has 0 radical (unpaired) electrons. The Bertz CT molecular complexity index is 748. The van der Waals surface area contributed by atoms with Gasteiger partial charge in [0, 0.05) is 18.2 Å². The second-order valence-corrected chi connectivity index (χ2v) is 4.98. The average Bonchev–Trinajstić information content (AvgIpc) is 2.77. The van der Waals surface area contributed by atoms with E-state index in [-0.39, 0.29) is 0 Å². The number of imidazole rings is 1. The molecule has 0 saturated carbocycles.